The Bertz CT molecular complexity index is 511. The molecule has 2 rings (SSSR count). The van der Waals surface area contributed by atoms with Crippen LogP contribution in [-0.2, 0) is 0 Å². The molecule has 1 aromatic carbocycles. The highest BCUT2D eigenvalue weighted by atomic mass is 16.5. The summed E-state index contributed by atoms with van der Waals surface area (Å²) in [6, 6.07) is 5.47. The first kappa shape index (κ1) is 8.47. The third kappa shape index (κ3) is 1.26. The molecule has 1 aromatic heterocycles. The minimum absolute atomic E-state index is 0.548. The van der Waals surface area contributed by atoms with E-state index in [9.17, 15) is 0 Å². The van der Waals surface area contributed by atoms with Crippen molar-refractivity contribution < 1.29 is 4.74 Å². The Balaban J connectivity index is 2.76. The quantitative estimate of drug-likeness (QED) is 0.438. The molecule has 0 saturated heterocycles. The van der Waals surface area contributed by atoms with Crippen LogP contribution in [0.15, 0.2) is 29.5 Å². The summed E-state index contributed by atoms with van der Waals surface area (Å²) in [7, 11) is 1.58. The minimum Gasteiger partial charge on any atom is -0.497 e. The van der Waals surface area contributed by atoms with Gasteiger partial charge in [-0.05, 0) is 23.7 Å². The summed E-state index contributed by atoms with van der Waals surface area (Å²) in [5, 5.41) is 4.55. The van der Waals surface area contributed by atoms with Crippen molar-refractivity contribution in [2.24, 2.45) is 5.11 Å². The first-order valence-electron chi connectivity index (χ1n) is 4.05. The van der Waals surface area contributed by atoms with Crippen molar-refractivity contribution in [2.45, 2.75) is 0 Å². The molecule has 0 aliphatic heterocycles. The normalized spacial score (nSPS) is 9.79. The molecule has 1 N–H and O–H groups in total. The highest BCUT2D eigenvalue weighted by Crippen LogP contribution is 2.30. The van der Waals surface area contributed by atoms with Crippen LogP contribution < -0.4 is 4.74 Å². The number of ether oxygens (including phenoxy) is 1. The third-order valence-corrected chi connectivity index (χ3v) is 2.00. The predicted molar refractivity (Wildman–Crippen MR) is 53.7 cm³/mol. The summed E-state index contributed by atoms with van der Waals surface area (Å²) in [6.45, 7) is 0. The zero-order valence-corrected chi connectivity index (χ0v) is 7.56. The molecule has 2 aromatic rings. The van der Waals surface area contributed by atoms with Gasteiger partial charge >= 0.3 is 0 Å². The van der Waals surface area contributed by atoms with Crippen LogP contribution in [0.3, 0.4) is 0 Å². The number of benzene rings is 1. The first-order valence-corrected chi connectivity index (χ1v) is 4.05. The Hall–Kier alpha value is -2.13. The molecule has 0 aliphatic carbocycles. The van der Waals surface area contributed by atoms with Gasteiger partial charge in [0.25, 0.3) is 0 Å². The molecular weight excluding hydrogens is 180 g/mol. The standard InChI is InChI=1S/C9H8N4O/c1-14-7-4-6-2-3-11-9(6)8(5-7)12-13-10/h2-5,11H,1H3. The third-order valence-electron chi connectivity index (χ3n) is 2.00. The van der Waals surface area contributed by atoms with Gasteiger partial charge in [0, 0.05) is 16.5 Å². The molecule has 0 bridgehead atoms. The van der Waals surface area contributed by atoms with E-state index in [4.69, 9.17) is 10.3 Å². The van der Waals surface area contributed by atoms with Crippen molar-refractivity contribution in [1.29, 1.82) is 0 Å². The summed E-state index contributed by atoms with van der Waals surface area (Å²) in [5.41, 5.74) is 9.75. The highest BCUT2D eigenvalue weighted by Gasteiger charge is 2.03. The Morgan fingerprint density at radius 2 is 2.36 bits per heavy atom. The smallest absolute Gasteiger partial charge is 0.120 e. The number of azide groups is 1. The van der Waals surface area contributed by atoms with Gasteiger partial charge in [-0.25, -0.2) is 0 Å². The lowest BCUT2D eigenvalue weighted by Gasteiger charge is -2.01. The van der Waals surface area contributed by atoms with E-state index in [1.54, 1.807) is 19.4 Å². The molecule has 70 valence electrons. The summed E-state index contributed by atoms with van der Waals surface area (Å²) >= 11 is 0. The number of H-pyrrole nitrogens is 1. The second kappa shape index (κ2) is 3.32. The number of nitrogens with zero attached hydrogens (tertiary/aromatic N) is 3. The van der Waals surface area contributed by atoms with Crippen LogP contribution in [0.2, 0.25) is 0 Å². The van der Waals surface area contributed by atoms with Crippen molar-refractivity contribution in [3.05, 3.63) is 34.8 Å². The molecule has 14 heavy (non-hydrogen) atoms. The second-order valence-corrected chi connectivity index (χ2v) is 2.78. The maximum absolute atomic E-state index is 8.38. The molecule has 5 nitrogen and oxygen atoms in total. The van der Waals surface area contributed by atoms with Gasteiger partial charge in [0.15, 0.2) is 0 Å². The van der Waals surface area contributed by atoms with Crippen molar-refractivity contribution in [3.63, 3.8) is 0 Å². The number of hydrogen-bond donors (Lipinski definition) is 1. The molecule has 0 aliphatic rings. The maximum atomic E-state index is 8.38. The first-order chi connectivity index (χ1) is 6.85. The van der Waals surface area contributed by atoms with Crippen LogP contribution in [0.25, 0.3) is 21.3 Å². The molecule has 0 radical (unpaired) electrons. The lowest BCUT2D eigenvalue weighted by atomic mass is 10.2. The zero-order chi connectivity index (χ0) is 9.97. The van der Waals surface area contributed by atoms with Gasteiger partial charge in [0.2, 0.25) is 0 Å². The van der Waals surface area contributed by atoms with E-state index in [-0.39, 0.29) is 0 Å². The average molecular weight is 188 g/mol. The van der Waals surface area contributed by atoms with Gasteiger partial charge in [-0.1, -0.05) is 5.11 Å². The Labute approximate surface area is 79.9 Å². The molecule has 5 heteroatoms. The number of rotatable bonds is 2. The number of aromatic nitrogens is 1. The lowest BCUT2D eigenvalue weighted by molar-refractivity contribution is 0.415. The Morgan fingerprint density at radius 1 is 1.50 bits per heavy atom. The summed E-state index contributed by atoms with van der Waals surface area (Å²) in [5.74, 6) is 0.680. The number of nitrogens with one attached hydrogen (secondary N) is 1. The molecule has 0 spiro atoms. The van der Waals surface area contributed by atoms with Crippen LogP contribution in [-0.4, -0.2) is 12.1 Å². The van der Waals surface area contributed by atoms with E-state index >= 15 is 0 Å². The second-order valence-electron chi connectivity index (χ2n) is 2.78. The number of fused-ring (bicyclic) bond motifs is 1. The minimum atomic E-state index is 0.548. The van der Waals surface area contributed by atoms with E-state index in [1.807, 2.05) is 12.1 Å². The average Bonchev–Trinajstić information content (AvgIpc) is 2.66. The Morgan fingerprint density at radius 3 is 3.07 bits per heavy atom. The molecule has 0 unspecified atom stereocenters. The van der Waals surface area contributed by atoms with Gasteiger partial charge in [-0.2, -0.15) is 0 Å². The topological polar surface area (TPSA) is 73.8 Å². The van der Waals surface area contributed by atoms with Crippen molar-refractivity contribution in [3.8, 4) is 5.75 Å². The molecule has 1 heterocycles. The van der Waals surface area contributed by atoms with Crippen molar-refractivity contribution >= 4 is 16.6 Å². The lowest BCUT2D eigenvalue weighted by Crippen LogP contribution is -1.81. The molecule has 0 amide bonds. The van der Waals surface area contributed by atoms with E-state index in [0.717, 1.165) is 10.9 Å². The maximum Gasteiger partial charge on any atom is 0.120 e. The van der Waals surface area contributed by atoms with Crippen molar-refractivity contribution in [2.75, 3.05) is 7.11 Å². The van der Waals surface area contributed by atoms with E-state index in [2.05, 4.69) is 15.0 Å². The van der Waals surface area contributed by atoms with Gasteiger partial charge in [0.1, 0.15) is 5.75 Å². The summed E-state index contributed by atoms with van der Waals surface area (Å²) < 4.78 is 5.08. The molecule has 0 fully saturated rings. The molecule has 0 saturated carbocycles. The monoisotopic (exact) mass is 188 g/mol. The summed E-state index contributed by atoms with van der Waals surface area (Å²) in [6.07, 6.45) is 1.79. The van der Waals surface area contributed by atoms with Gasteiger partial charge in [0.05, 0.1) is 18.3 Å². The van der Waals surface area contributed by atoms with E-state index in [1.165, 1.54) is 0 Å². The van der Waals surface area contributed by atoms with Crippen molar-refractivity contribution in [1.82, 2.24) is 4.98 Å². The van der Waals surface area contributed by atoms with Crippen LogP contribution >= 0.6 is 0 Å². The zero-order valence-electron chi connectivity index (χ0n) is 7.56. The molecular formula is C9H8N4O. The van der Waals surface area contributed by atoms with E-state index in [0.29, 0.717) is 11.4 Å². The van der Waals surface area contributed by atoms with Gasteiger partial charge in [-0.3, -0.25) is 0 Å². The van der Waals surface area contributed by atoms with Gasteiger partial charge in [-0.15, -0.1) is 0 Å². The Kier molecular flexibility index (Phi) is 2.01. The molecule has 0 atom stereocenters. The largest absolute Gasteiger partial charge is 0.497 e. The highest BCUT2D eigenvalue weighted by molar-refractivity contribution is 5.91. The van der Waals surface area contributed by atoms with E-state index < -0.39 is 0 Å². The fraction of sp³-hybridized carbons (Fsp3) is 0.111. The van der Waals surface area contributed by atoms with Crippen LogP contribution in [0.1, 0.15) is 0 Å². The SMILES string of the molecule is COc1cc(N=[N+]=[N-])c2[nH]ccc2c1. The van der Waals surface area contributed by atoms with Gasteiger partial charge < -0.3 is 9.72 Å². The fourth-order valence-electron chi connectivity index (χ4n) is 1.37. The van der Waals surface area contributed by atoms with Crippen LogP contribution in [0, 0.1) is 0 Å². The van der Waals surface area contributed by atoms with Crippen LogP contribution in [0.5, 0.6) is 5.75 Å². The predicted octanol–water partition coefficient (Wildman–Crippen LogP) is 3.12. The number of methoxy groups -OCH3 is 1. The number of aromatic amines is 1. The number of hydrogen-bond acceptors (Lipinski definition) is 2. The summed E-state index contributed by atoms with van der Waals surface area (Å²) in [4.78, 5) is 5.76. The fourth-order valence-corrected chi connectivity index (χ4v) is 1.37. The van der Waals surface area contributed by atoms with Crippen LogP contribution in [0.4, 0.5) is 5.69 Å².